The molecule has 0 aliphatic carbocycles. The fourth-order valence-corrected chi connectivity index (χ4v) is 3.03. The zero-order chi connectivity index (χ0) is 16.0. The molecule has 3 rings (SSSR count). The van der Waals surface area contributed by atoms with Crippen LogP contribution in [-0.2, 0) is 7.05 Å². The number of aromatic nitrogens is 2. The normalized spacial score (nSPS) is 11.1. The first kappa shape index (κ1) is 15.1. The van der Waals surface area contributed by atoms with Gasteiger partial charge in [-0.15, -0.1) is 0 Å². The Morgan fingerprint density at radius 1 is 1.14 bits per heavy atom. The van der Waals surface area contributed by atoms with E-state index in [0.29, 0.717) is 21.6 Å². The molecule has 4 nitrogen and oxygen atoms in total. The van der Waals surface area contributed by atoms with Gasteiger partial charge in [0.1, 0.15) is 0 Å². The van der Waals surface area contributed by atoms with Crippen LogP contribution >= 0.6 is 27.5 Å². The summed E-state index contributed by atoms with van der Waals surface area (Å²) in [6.07, 6.45) is 0. The van der Waals surface area contributed by atoms with Gasteiger partial charge < -0.3 is 0 Å². The van der Waals surface area contributed by atoms with Crippen molar-refractivity contribution in [2.45, 2.75) is 6.92 Å². The molecule has 0 saturated heterocycles. The Morgan fingerprint density at radius 3 is 2.55 bits per heavy atom. The molecule has 0 spiro atoms. The van der Waals surface area contributed by atoms with Gasteiger partial charge in [-0.25, -0.2) is 9.36 Å². The maximum Gasteiger partial charge on any atom is 0.335 e. The predicted molar refractivity (Wildman–Crippen MR) is 92.2 cm³/mol. The third kappa shape index (κ3) is 2.21. The van der Waals surface area contributed by atoms with Crippen molar-refractivity contribution in [1.29, 1.82) is 0 Å². The lowest BCUT2D eigenvalue weighted by molar-refractivity contribution is 0.773. The van der Waals surface area contributed by atoms with Crippen LogP contribution in [0.25, 0.3) is 16.6 Å². The summed E-state index contributed by atoms with van der Waals surface area (Å²) in [7, 11) is 1.65. The molecule has 0 atom stereocenters. The first-order valence-corrected chi connectivity index (χ1v) is 7.75. The molecule has 22 heavy (non-hydrogen) atoms. The third-order valence-corrected chi connectivity index (χ3v) is 4.79. The van der Waals surface area contributed by atoms with Crippen molar-refractivity contribution in [1.82, 2.24) is 9.13 Å². The van der Waals surface area contributed by atoms with E-state index >= 15 is 0 Å². The molecule has 0 fully saturated rings. The molecule has 3 aromatic rings. The maximum absolute atomic E-state index is 12.9. The van der Waals surface area contributed by atoms with Crippen LogP contribution < -0.4 is 11.2 Å². The van der Waals surface area contributed by atoms with E-state index in [9.17, 15) is 9.59 Å². The summed E-state index contributed by atoms with van der Waals surface area (Å²) in [4.78, 5) is 25.5. The summed E-state index contributed by atoms with van der Waals surface area (Å²) in [6.45, 7) is 1.85. The monoisotopic (exact) mass is 378 g/mol. The Kier molecular flexibility index (Phi) is 3.70. The highest BCUT2D eigenvalue weighted by atomic mass is 79.9. The van der Waals surface area contributed by atoms with Gasteiger partial charge in [-0.05, 0) is 42.8 Å². The molecule has 0 unspecified atom stereocenters. The highest BCUT2D eigenvalue weighted by Gasteiger charge is 2.15. The highest BCUT2D eigenvalue weighted by molar-refractivity contribution is 9.10. The van der Waals surface area contributed by atoms with Gasteiger partial charge in [0, 0.05) is 16.5 Å². The fourth-order valence-electron chi connectivity index (χ4n) is 2.52. The van der Waals surface area contributed by atoms with Crippen molar-refractivity contribution < 1.29 is 0 Å². The van der Waals surface area contributed by atoms with Gasteiger partial charge >= 0.3 is 5.69 Å². The van der Waals surface area contributed by atoms with Crippen LogP contribution in [-0.4, -0.2) is 9.13 Å². The van der Waals surface area contributed by atoms with E-state index in [4.69, 9.17) is 11.6 Å². The Morgan fingerprint density at radius 2 is 1.86 bits per heavy atom. The average Bonchev–Trinajstić information content (AvgIpc) is 2.48. The standard InChI is InChI=1S/C16H12BrClN2O2/c1-9-12(17)6-7-13-14(9)15(21)20(16(22)19(13)2)11-5-3-4-10(18)8-11/h3-8H,1-2H3. The number of aryl methyl sites for hydroxylation is 2. The van der Waals surface area contributed by atoms with Gasteiger partial charge in [-0.3, -0.25) is 9.36 Å². The smallest absolute Gasteiger partial charge is 0.296 e. The number of benzene rings is 2. The second kappa shape index (κ2) is 5.41. The van der Waals surface area contributed by atoms with Crippen LogP contribution in [0.5, 0.6) is 0 Å². The van der Waals surface area contributed by atoms with Gasteiger partial charge in [0.25, 0.3) is 5.56 Å². The van der Waals surface area contributed by atoms with Crippen LogP contribution in [0.15, 0.2) is 50.5 Å². The van der Waals surface area contributed by atoms with Crippen molar-refractivity contribution in [3.63, 3.8) is 0 Å². The first-order chi connectivity index (χ1) is 10.4. The number of hydrogen-bond acceptors (Lipinski definition) is 2. The minimum atomic E-state index is -0.401. The zero-order valence-electron chi connectivity index (χ0n) is 11.9. The fraction of sp³-hybridized carbons (Fsp3) is 0.125. The number of hydrogen-bond donors (Lipinski definition) is 0. The lowest BCUT2D eigenvalue weighted by Gasteiger charge is -2.13. The Balaban J connectivity index is 2.55. The second-order valence-corrected chi connectivity index (χ2v) is 6.32. The summed E-state index contributed by atoms with van der Waals surface area (Å²) in [5.74, 6) is 0. The summed E-state index contributed by atoms with van der Waals surface area (Å²) in [6, 6.07) is 10.3. The van der Waals surface area contributed by atoms with Gasteiger partial charge in [-0.2, -0.15) is 0 Å². The number of rotatable bonds is 1. The number of halogens is 2. The van der Waals surface area contributed by atoms with Crippen molar-refractivity contribution in [3.05, 3.63) is 72.3 Å². The molecule has 0 amide bonds. The maximum atomic E-state index is 12.9. The number of nitrogens with zero attached hydrogens (tertiary/aromatic N) is 2. The molecule has 112 valence electrons. The van der Waals surface area contributed by atoms with Gasteiger partial charge in [0.15, 0.2) is 0 Å². The Bertz CT molecular complexity index is 1020. The lowest BCUT2D eigenvalue weighted by Crippen LogP contribution is -2.38. The summed E-state index contributed by atoms with van der Waals surface area (Å²) < 4.78 is 3.44. The van der Waals surface area contributed by atoms with Crippen molar-refractivity contribution >= 4 is 38.4 Å². The predicted octanol–water partition coefficient (Wildman–Crippen LogP) is 3.41. The van der Waals surface area contributed by atoms with Crippen LogP contribution in [0.2, 0.25) is 5.02 Å². The number of fused-ring (bicyclic) bond motifs is 1. The molecule has 0 aliphatic rings. The summed E-state index contributed by atoms with van der Waals surface area (Å²) in [5.41, 5.74) is 1.11. The van der Waals surface area contributed by atoms with E-state index in [1.165, 1.54) is 4.57 Å². The molecule has 2 aromatic carbocycles. The van der Waals surface area contributed by atoms with E-state index in [1.54, 1.807) is 37.4 Å². The Labute approximate surface area is 139 Å². The van der Waals surface area contributed by atoms with Crippen LogP contribution in [0.4, 0.5) is 0 Å². The summed E-state index contributed by atoms with van der Waals surface area (Å²) in [5, 5.41) is 0.981. The minimum absolute atomic E-state index is 0.348. The molecule has 0 N–H and O–H groups in total. The van der Waals surface area contributed by atoms with E-state index in [1.807, 2.05) is 13.0 Å². The van der Waals surface area contributed by atoms with E-state index in [0.717, 1.165) is 14.6 Å². The van der Waals surface area contributed by atoms with Crippen molar-refractivity contribution in [2.75, 3.05) is 0 Å². The topological polar surface area (TPSA) is 44.0 Å². The molecular formula is C16H12BrClN2O2. The van der Waals surface area contributed by atoms with Crippen LogP contribution in [0.1, 0.15) is 5.56 Å². The van der Waals surface area contributed by atoms with Crippen molar-refractivity contribution in [2.24, 2.45) is 7.05 Å². The molecule has 1 aromatic heterocycles. The van der Waals surface area contributed by atoms with Crippen LogP contribution in [0, 0.1) is 6.92 Å². The molecule has 0 aliphatic heterocycles. The minimum Gasteiger partial charge on any atom is -0.296 e. The van der Waals surface area contributed by atoms with E-state index in [-0.39, 0.29) is 5.56 Å². The molecule has 6 heteroatoms. The molecule has 0 bridgehead atoms. The van der Waals surface area contributed by atoms with E-state index < -0.39 is 5.69 Å². The molecule has 0 radical (unpaired) electrons. The highest BCUT2D eigenvalue weighted by Crippen LogP contribution is 2.22. The van der Waals surface area contributed by atoms with Crippen molar-refractivity contribution in [3.8, 4) is 5.69 Å². The summed E-state index contributed by atoms with van der Waals surface area (Å²) >= 11 is 9.41. The third-order valence-electron chi connectivity index (χ3n) is 3.70. The van der Waals surface area contributed by atoms with Gasteiger partial charge in [-0.1, -0.05) is 33.6 Å². The molecule has 0 saturated carbocycles. The second-order valence-electron chi connectivity index (χ2n) is 5.03. The molecular weight excluding hydrogens is 368 g/mol. The van der Waals surface area contributed by atoms with Gasteiger partial charge in [0.05, 0.1) is 16.6 Å². The Hall–Kier alpha value is -1.85. The van der Waals surface area contributed by atoms with Crippen LogP contribution in [0.3, 0.4) is 0 Å². The SMILES string of the molecule is Cc1c(Br)ccc2c1c(=O)n(-c1cccc(Cl)c1)c(=O)n2C. The van der Waals surface area contributed by atoms with E-state index in [2.05, 4.69) is 15.9 Å². The molecule has 1 heterocycles. The first-order valence-electron chi connectivity index (χ1n) is 6.58. The zero-order valence-corrected chi connectivity index (χ0v) is 14.3. The average molecular weight is 380 g/mol. The quantitative estimate of drug-likeness (QED) is 0.650. The van der Waals surface area contributed by atoms with Gasteiger partial charge in [0.2, 0.25) is 0 Å². The lowest BCUT2D eigenvalue weighted by atomic mass is 10.1. The largest absolute Gasteiger partial charge is 0.335 e.